The summed E-state index contributed by atoms with van der Waals surface area (Å²) in [6.07, 6.45) is -0.240. The number of hydrogen-bond donors (Lipinski definition) is 1. The highest BCUT2D eigenvalue weighted by molar-refractivity contribution is 6.42. The van der Waals surface area contributed by atoms with Crippen LogP contribution < -0.4 is 4.74 Å². The summed E-state index contributed by atoms with van der Waals surface area (Å²) in [4.78, 5) is 24.6. The molecule has 114 valence electrons. The van der Waals surface area contributed by atoms with Crippen LogP contribution in [0, 0.1) is 5.92 Å². The van der Waals surface area contributed by atoms with E-state index in [-0.39, 0.29) is 12.5 Å². The number of aliphatic carboxylic acids is 1. The summed E-state index contributed by atoms with van der Waals surface area (Å²) in [7, 11) is 0. The minimum atomic E-state index is -0.872. The molecule has 0 spiro atoms. The Morgan fingerprint density at radius 2 is 2.10 bits per heavy atom. The van der Waals surface area contributed by atoms with Gasteiger partial charge >= 0.3 is 5.97 Å². The standard InChI is InChI=1S/C14H15Cl2NO4/c1-8(21-10-2-3-11(15)12(16)6-10)13(18)17-5-4-9(7-17)14(19)20/h2-3,6,8-9H,4-5,7H2,1H3,(H,19,20). The van der Waals surface area contributed by atoms with Crippen molar-refractivity contribution >= 4 is 35.1 Å². The van der Waals surface area contributed by atoms with Gasteiger partial charge in [0, 0.05) is 19.2 Å². The Morgan fingerprint density at radius 3 is 2.67 bits per heavy atom. The predicted molar refractivity (Wildman–Crippen MR) is 78.9 cm³/mol. The van der Waals surface area contributed by atoms with Crippen LogP contribution in [0.5, 0.6) is 5.75 Å². The number of likely N-dealkylation sites (tertiary alicyclic amines) is 1. The minimum Gasteiger partial charge on any atom is -0.481 e. The number of carboxylic acids is 1. The molecule has 1 aromatic rings. The summed E-state index contributed by atoms with van der Waals surface area (Å²) in [5, 5.41) is 9.70. The molecular formula is C14H15Cl2NO4. The minimum absolute atomic E-state index is 0.225. The molecule has 2 rings (SSSR count). The van der Waals surface area contributed by atoms with Crippen molar-refractivity contribution < 1.29 is 19.4 Å². The molecule has 0 radical (unpaired) electrons. The van der Waals surface area contributed by atoms with Crippen molar-refractivity contribution in [3.63, 3.8) is 0 Å². The zero-order valence-corrected chi connectivity index (χ0v) is 12.9. The average Bonchev–Trinajstić information content (AvgIpc) is 2.92. The molecular weight excluding hydrogens is 317 g/mol. The molecule has 1 saturated heterocycles. The lowest BCUT2D eigenvalue weighted by molar-refractivity contribution is -0.142. The van der Waals surface area contributed by atoms with E-state index in [1.54, 1.807) is 19.1 Å². The number of ether oxygens (including phenoxy) is 1. The Labute approximate surface area is 132 Å². The second-order valence-corrected chi connectivity index (χ2v) is 5.76. The van der Waals surface area contributed by atoms with Gasteiger partial charge in [-0.15, -0.1) is 0 Å². The average molecular weight is 332 g/mol. The maximum Gasteiger partial charge on any atom is 0.308 e. The summed E-state index contributed by atoms with van der Waals surface area (Å²) in [6, 6.07) is 4.76. The maximum atomic E-state index is 12.2. The van der Waals surface area contributed by atoms with Crippen LogP contribution in [0.2, 0.25) is 10.0 Å². The van der Waals surface area contributed by atoms with E-state index in [1.807, 2.05) is 0 Å². The van der Waals surface area contributed by atoms with Crippen molar-refractivity contribution in [1.29, 1.82) is 0 Å². The molecule has 0 bridgehead atoms. The first kappa shape index (κ1) is 15.9. The highest BCUT2D eigenvalue weighted by atomic mass is 35.5. The molecule has 0 saturated carbocycles. The Bertz CT molecular complexity index is 564. The zero-order chi connectivity index (χ0) is 15.6. The Hall–Kier alpha value is -1.46. The molecule has 1 fully saturated rings. The number of nitrogens with zero attached hydrogens (tertiary/aromatic N) is 1. The van der Waals surface area contributed by atoms with Gasteiger partial charge in [-0.05, 0) is 25.5 Å². The van der Waals surface area contributed by atoms with Crippen LogP contribution in [0.1, 0.15) is 13.3 Å². The van der Waals surface area contributed by atoms with Crippen molar-refractivity contribution in [2.75, 3.05) is 13.1 Å². The maximum absolute atomic E-state index is 12.2. The Balaban J connectivity index is 1.96. The topological polar surface area (TPSA) is 66.8 Å². The fraction of sp³-hybridized carbons (Fsp3) is 0.429. The number of rotatable bonds is 4. The lowest BCUT2D eigenvalue weighted by atomic mass is 10.1. The van der Waals surface area contributed by atoms with Crippen molar-refractivity contribution in [3.8, 4) is 5.75 Å². The predicted octanol–water partition coefficient (Wildman–Crippen LogP) is 2.69. The van der Waals surface area contributed by atoms with E-state index in [1.165, 1.54) is 11.0 Å². The summed E-state index contributed by atoms with van der Waals surface area (Å²) < 4.78 is 5.54. The van der Waals surface area contributed by atoms with E-state index >= 15 is 0 Å². The van der Waals surface area contributed by atoms with Gasteiger partial charge in [0.05, 0.1) is 16.0 Å². The summed E-state index contributed by atoms with van der Waals surface area (Å²) in [5.74, 6) is -1.15. The first-order chi connectivity index (χ1) is 9.88. The van der Waals surface area contributed by atoms with Gasteiger partial charge < -0.3 is 14.7 Å². The number of carbonyl (C=O) groups excluding carboxylic acids is 1. The number of amides is 1. The van der Waals surface area contributed by atoms with Crippen LogP contribution >= 0.6 is 23.2 Å². The molecule has 0 aromatic heterocycles. The van der Waals surface area contributed by atoms with Gasteiger partial charge in [0.15, 0.2) is 6.10 Å². The number of carboxylic acid groups (broad SMARTS) is 1. The number of halogens is 2. The lowest BCUT2D eigenvalue weighted by Gasteiger charge is -2.21. The first-order valence-electron chi connectivity index (χ1n) is 6.51. The highest BCUT2D eigenvalue weighted by Crippen LogP contribution is 2.27. The van der Waals surface area contributed by atoms with Crippen LogP contribution in [0.4, 0.5) is 0 Å². The van der Waals surface area contributed by atoms with Gasteiger partial charge in [0.25, 0.3) is 5.91 Å². The van der Waals surface area contributed by atoms with Crippen LogP contribution in [-0.2, 0) is 9.59 Å². The summed E-state index contributed by atoms with van der Waals surface area (Å²) >= 11 is 11.7. The molecule has 1 N–H and O–H groups in total. The van der Waals surface area contributed by atoms with E-state index in [0.29, 0.717) is 28.8 Å². The quantitative estimate of drug-likeness (QED) is 0.921. The molecule has 7 heteroatoms. The number of carbonyl (C=O) groups is 2. The van der Waals surface area contributed by atoms with Gasteiger partial charge in [0.2, 0.25) is 0 Å². The van der Waals surface area contributed by atoms with Crippen molar-refractivity contribution in [1.82, 2.24) is 4.90 Å². The fourth-order valence-electron chi connectivity index (χ4n) is 2.22. The first-order valence-corrected chi connectivity index (χ1v) is 7.27. The lowest BCUT2D eigenvalue weighted by Crippen LogP contribution is -2.39. The van der Waals surface area contributed by atoms with Crippen molar-refractivity contribution in [2.45, 2.75) is 19.4 Å². The zero-order valence-electron chi connectivity index (χ0n) is 11.4. The van der Waals surface area contributed by atoms with Crippen LogP contribution in [0.3, 0.4) is 0 Å². The molecule has 21 heavy (non-hydrogen) atoms. The molecule has 2 unspecified atom stereocenters. The van der Waals surface area contributed by atoms with Gasteiger partial charge in [0.1, 0.15) is 5.75 Å². The Morgan fingerprint density at radius 1 is 1.38 bits per heavy atom. The molecule has 1 aliphatic heterocycles. The molecule has 1 aliphatic rings. The van der Waals surface area contributed by atoms with Gasteiger partial charge in [-0.1, -0.05) is 23.2 Å². The molecule has 1 amide bonds. The SMILES string of the molecule is CC(Oc1ccc(Cl)c(Cl)c1)C(=O)N1CCC(C(=O)O)C1. The molecule has 2 atom stereocenters. The van der Waals surface area contributed by atoms with Crippen molar-refractivity contribution in [2.24, 2.45) is 5.92 Å². The Kier molecular flexibility index (Phi) is 4.96. The van der Waals surface area contributed by atoms with Crippen molar-refractivity contribution in [3.05, 3.63) is 28.2 Å². The van der Waals surface area contributed by atoms with E-state index in [4.69, 9.17) is 33.0 Å². The highest BCUT2D eigenvalue weighted by Gasteiger charge is 2.33. The molecule has 1 aromatic carbocycles. The van der Waals surface area contributed by atoms with E-state index in [9.17, 15) is 9.59 Å². The third-order valence-corrected chi connectivity index (χ3v) is 4.14. The van der Waals surface area contributed by atoms with Crippen LogP contribution in [0.15, 0.2) is 18.2 Å². The normalized spacial score (nSPS) is 19.4. The monoisotopic (exact) mass is 331 g/mol. The largest absolute Gasteiger partial charge is 0.481 e. The van der Waals surface area contributed by atoms with E-state index < -0.39 is 18.0 Å². The number of benzene rings is 1. The summed E-state index contributed by atoms with van der Waals surface area (Å²) in [5.41, 5.74) is 0. The van der Waals surface area contributed by atoms with E-state index in [2.05, 4.69) is 0 Å². The second-order valence-electron chi connectivity index (χ2n) is 4.94. The smallest absolute Gasteiger partial charge is 0.308 e. The molecule has 0 aliphatic carbocycles. The third-order valence-electron chi connectivity index (χ3n) is 3.40. The van der Waals surface area contributed by atoms with Crippen LogP contribution in [-0.4, -0.2) is 41.1 Å². The van der Waals surface area contributed by atoms with Gasteiger partial charge in [-0.3, -0.25) is 9.59 Å². The summed E-state index contributed by atoms with van der Waals surface area (Å²) in [6.45, 7) is 2.28. The fourth-order valence-corrected chi connectivity index (χ4v) is 2.51. The van der Waals surface area contributed by atoms with E-state index in [0.717, 1.165) is 0 Å². The third kappa shape index (κ3) is 3.80. The molecule has 5 nitrogen and oxygen atoms in total. The van der Waals surface area contributed by atoms with Gasteiger partial charge in [-0.2, -0.15) is 0 Å². The number of hydrogen-bond acceptors (Lipinski definition) is 3. The van der Waals surface area contributed by atoms with Crippen LogP contribution in [0.25, 0.3) is 0 Å². The van der Waals surface area contributed by atoms with Gasteiger partial charge in [-0.25, -0.2) is 0 Å². The second kappa shape index (κ2) is 6.54. The molecule has 1 heterocycles.